The summed E-state index contributed by atoms with van der Waals surface area (Å²) in [6, 6.07) is 8.09. The van der Waals surface area contributed by atoms with Crippen molar-refractivity contribution in [3.63, 3.8) is 0 Å². The van der Waals surface area contributed by atoms with Crippen LogP contribution < -0.4 is 16.0 Å². The highest BCUT2D eigenvalue weighted by Crippen LogP contribution is 2.13. The summed E-state index contributed by atoms with van der Waals surface area (Å²) in [5.41, 5.74) is 0.550. The summed E-state index contributed by atoms with van der Waals surface area (Å²) >= 11 is 1.41. The number of hydrogen-bond donors (Lipinski definition) is 4. The lowest BCUT2D eigenvalue weighted by molar-refractivity contribution is -0.128. The van der Waals surface area contributed by atoms with E-state index < -0.39 is 23.7 Å². The molecule has 0 spiro atoms. The molecule has 0 aromatic heterocycles. The molecule has 1 unspecified atom stereocenters. The maximum Gasteiger partial charge on any atom is 0.317 e. The number of amides is 4. The molecular formula is C25H40N4O4S. The van der Waals surface area contributed by atoms with Crippen LogP contribution in [0.1, 0.15) is 46.6 Å². The third-order valence-electron chi connectivity index (χ3n) is 5.41. The minimum absolute atomic E-state index is 0.0815. The Hall–Kier alpha value is -2.26. The van der Waals surface area contributed by atoms with E-state index in [0.717, 1.165) is 12.0 Å². The number of aliphatic hydroxyl groups is 1. The maximum absolute atomic E-state index is 13.0. The largest absolute Gasteiger partial charge is 0.389 e. The Labute approximate surface area is 207 Å². The minimum atomic E-state index is -0.992. The van der Waals surface area contributed by atoms with Crippen LogP contribution in [-0.4, -0.2) is 76.2 Å². The fraction of sp³-hybridized carbons (Fsp3) is 0.640. The van der Waals surface area contributed by atoms with Crippen LogP contribution in [0.5, 0.6) is 0 Å². The number of rotatable bonds is 10. The van der Waals surface area contributed by atoms with Gasteiger partial charge in [0.2, 0.25) is 11.8 Å². The number of nitrogens with zero attached hydrogens (tertiary/aromatic N) is 1. The molecule has 2 rings (SSSR count). The normalized spacial score (nSPS) is 18.1. The minimum Gasteiger partial charge on any atom is -0.389 e. The lowest BCUT2D eigenvalue weighted by Crippen LogP contribution is -2.58. The Kier molecular flexibility index (Phi) is 10.7. The van der Waals surface area contributed by atoms with E-state index in [2.05, 4.69) is 29.8 Å². The van der Waals surface area contributed by atoms with Gasteiger partial charge in [0, 0.05) is 17.8 Å². The molecular weight excluding hydrogens is 452 g/mol. The van der Waals surface area contributed by atoms with Gasteiger partial charge in [-0.2, -0.15) is 0 Å². The Bertz CT molecular complexity index is 813. The van der Waals surface area contributed by atoms with Crippen LogP contribution in [0.25, 0.3) is 0 Å². The number of aliphatic hydroxyl groups excluding tert-OH is 1. The molecule has 9 heteroatoms. The topological polar surface area (TPSA) is 111 Å². The predicted molar refractivity (Wildman–Crippen MR) is 137 cm³/mol. The van der Waals surface area contributed by atoms with Gasteiger partial charge in [0.15, 0.2) is 0 Å². The molecule has 1 aliphatic heterocycles. The van der Waals surface area contributed by atoms with Crippen LogP contribution >= 0.6 is 11.8 Å². The van der Waals surface area contributed by atoms with Crippen molar-refractivity contribution in [2.75, 3.05) is 24.6 Å². The van der Waals surface area contributed by atoms with Crippen molar-refractivity contribution in [3.05, 3.63) is 35.9 Å². The van der Waals surface area contributed by atoms with Crippen molar-refractivity contribution >= 4 is 29.6 Å². The molecule has 3 atom stereocenters. The number of hydrogen-bond acceptors (Lipinski definition) is 5. The fourth-order valence-corrected chi connectivity index (χ4v) is 4.42. The van der Waals surface area contributed by atoms with Crippen LogP contribution in [0.2, 0.25) is 0 Å². The van der Waals surface area contributed by atoms with E-state index in [1.165, 1.54) is 11.8 Å². The van der Waals surface area contributed by atoms with E-state index in [1.807, 2.05) is 51.1 Å². The van der Waals surface area contributed by atoms with Gasteiger partial charge in [0.1, 0.15) is 6.04 Å². The zero-order chi connectivity index (χ0) is 25.3. The monoisotopic (exact) mass is 492 g/mol. The molecule has 0 bridgehead atoms. The van der Waals surface area contributed by atoms with Crippen LogP contribution in [0.4, 0.5) is 4.79 Å². The number of urea groups is 1. The average molecular weight is 493 g/mol. The highest BCUT2D eigenvalue weighted by atomic mass is 32.2. The number of thioether (sulfide) groups is 1. The smallest absolute Gasteiger partial charge is 0.317 e. The molecule has 1 saturated heterocycles. The first-order valence-electron chi connectivity index (χ1n) is 11.9. The van der Waals surface area contributed by atoms with E-state index in [-0.39, 0.29) is 24.4 Å². The van der Waals surface area contributed by atoms with Gasteiger partial charge in [-0.15, -0.1) is 11.8 Å². The van der Waals surface area contributed by atoms with E-state index >= 15 is 0 Å². The van der Waals surface area contributed by atoms with Gasteiger partial charge in [0.25, 0.3) is 0 Å². The second-order valence-electron chi connectivity index (χ2n) is 10.3. The van der Waals surface area contributed by atoms with Crippen molar-refractivity contribution in [1.82, 2.24) is 20.9 Å². The molecule has 1 aliphatic rings. The fourth-order valence-electron chi connectivity index (χ4n) is 3.57. The van der Waals surface area contributed by atoms with Gasteiger partial charge in [0.05, 0.1) is 24.4 Å². The lowest BCUT2D eigenvalue weighted by atomic mass is 10.00. The van der Waals surface area contributed by atoms with Crippen LogP contribution in [-0.2, 0) is 16.0 Å². The van der Waals surface area contributed by atoms with Crippen LogP contribution in [0.3, 0.4) is 0 Å². The van der Waals surface area contributed by atoms with Crippen molar-refractivity contribution in [3.8, 4) is 0 Å². The third kappa shape index (κ3) is 9.93. The maximum atomic E-state index is 13.0. The summed E-state index contributed by atoms with van der Waals surface area (Å²) in [6.07, 6.45) is 0.209. The summed E-state index contributed by atoms with van der Waals surface area (Å²) in [7, 11) is 0. The number of carbonyl (C=O) groups excluding carboxylic acids is 3. The SMILES string of the molecule is CC(C)CCN(C[C@@H](O)C(Cc1ccccc1)NC(=O)[C@H]1CSCC(=O)N1)C(=O)NC(C)(C)C. The Morgan fingerprint density at radius 3 is 2.50 bits per heavy atom. The zero-order valence-electron chi connectivity index (χ0n) is 21.0. The van der Waals surface area contributed by atoms with Gasteiger partial charge < -0.3 is 26.0 Å². The molecule has 0 aliphatic carbocycles. The summed E-state index contributed by atoms with van der Waals surface area (Å²) in [5.74, 6) is 0.728. The molecule has 1 aromatic rings. The van der Waals surface area contributed by atoms with Gasteiger partial charge in [-0.1, -0.05) is 44.2 Å². The van der Waals surface area contributed by atoms with Crippen molar-refractivity contribution in [1.29, 1.82) is 0 Å². The second-order valence-corrected chi connectivity index (χ2v) is 11.3. The number of carbonyl (C=O) groups is 3. The molecule has 1 heterocycles. The molecule has 1 aromatic carbocycles. The molecule has 0 saturated carbocycles. The first kappa shape index (κ1) is 28.0. The van der Waals surface area contributed by atoms with E-state index in [1.54, 1.807) is 4.90 Å². The summed E-state index contributed by atoms with van der Waals surface area (Å²) in [5, 5.41) is 19.8. The van der Waals surface area contributed by atoms with Gasteiger partial charge in [-0.05, 0) is 45.1 Å². The van der Waals surface area contributed by atoms with Gasteiger partial charge in [-0.25, -0.2) is 4.79 Å². The first-order chi connectivity index (χ1) is 15.9. The Balaban J connectivity index is 2.17. The highest BCUT2D eigenvalue weighted by molar-refractivity contribution is 8.00. The second kappa shape index (κ2) is 13.0. The van der Waals surface area contributed by atoms with E-state index in [0.29, 0.717) is 30.4 Å². The van der Waals surface area contributed by atoms with Gasteiger partial charge in [-0.3, -0.25) is 9.59 Å². The van der Waals surface area contributed by atoms with Crippen LogP contribution in [0.15, 0.2) is 30.3 Å². The molecule has 34 heavy (non-hydrogen) atoms. The van der Waals surface area contributed by atoms with Crippen molar-refractivity contribution < 1.29 is 19.5 Å². The van der Waals surface area contributed by atoms with Crippen LogP contribution in [0, 0.1) is 5.92 Å². The van der Waals surface area contributed by atoms with E-state index in [4.69, 9.17) is 0 Å². The lowest BCUT2D eigenvalue weighted by Gasteiger charge is -2.33. The van der Waals surface area contributed by atoms with E-state index in [9.17, 15) is 19.5 Å². The Morgan fingerprint density at radius 2 is 1.91 bits per heavy atom. The molecule has 0 radical (unpaired) electrons. The van der Waals surface area contributed by atoms with Crippen molar-refractivity contribution in [2.45, 2.75) is 71.2 Å². The third-order valence-corrected chi connectivity index (χ3v) is 6.45. The molecule has 1 fully saturated rings. The summed E-state index contributed by atoms with van der Waals surface area (Å²) in [4.78, 5) is 39.2. The molecule has 4 N–H and O–H groups in total. The number of nitrogens with one attached hydrogen (secondary N) is 3. The molecule has 8 nitrogen and oxygen atoms in total. The molecule has 190 valence electrons. The van der Waals surface area contributed by atoms with Gasteiger partial charge >= 0.3 is 6.03 Å². The molecule has 4 amide bonds. The summed E-state index contributed by atoms with van der Waals surface area (Å²) < 4.78 is 0. The Morgan fingerprint density at radius 1 is 1.24 bits per heavy atom. The quantitative estimate of drug-likeness (QED) is 0.400. The zero-order valence-corrected chi connectivity index (χ0v) is 21.8. The summed E-state index contributed by atoms with van der Waals surface area (Å²) in [6.45, 7) is 10.5. The van der Waals surface area contributed by atoms with Crippen molar-refractivity contribution in [2.24, 2.45) is 5.92 Å². The number of benzene rings is 1. The average Bonchev–Trinajstić information content (AvgIpc) is 2.75. The highest BCUT2D eigenvalue weighted by Gasteiger charge is 2.31. The first-order valence-corrected chi connectivity index (χ1v) is 13.1. The standard InChI is InChI=1S/C25H40N4O4S/c1-17(2)11-12-29(24(33)28-25(3,4)5)14-21(30)19(13-18-9-7-6-8-10-18)27-23(32)20-15-34-16-22(31)26-20/h6-10,17,19-21,30H,11-16H2,1-5H3,(H,26,31)(H,27,32)(H,28,33)/t19?,20-,21-/m1/s1. The predicted octanol–water partition coefficient (Wildman–Crippen LogP) is 2.16.